The lowest BCUT2D eigenvalue weighted by molar-refractivity contribution is -0.148. The van der Waals surface area contributed by atoms with E-state index < -0.39 is 39.5 Å². The molecule has 1 atom stereocenters. The second kappa shape index (κ2) is 13.7. The Morgan fingerprint density at radius 1 is 0.978 bits per heavy atom. The second-order valence-corrected chi connectivity index (χ2v) is 13.0. The van der Waals surface area contributed by atoms with Crippen molar-refractivity contribution in [1.29, 1.82) is 0 Å². The fourth-order valence-corrected chi connectivity index (χ4v) is 7.25. The quantitative estimate of drug-likeness (QED) is 0.262. The Morgan fingerprint density at radius 3 is 2.28 bits per heavy atom. The van der Waals surface area contributed by atoms with Crippen LogP contribution in [0.5, 0.6) is 0 Å². The number of halogens is 4. The van der Waals surface area contributed by atoms with Gasteiger partial charge in [0.05, 0.1) is 40.9 Å². The van der Waals surface area contributed by atoms with Crippen LogP contribution in [0.4, 0.5) is 23.5 Å². The van der Waals surface area contributed by atoms with Crippen molar-refractivity contribution in [2.75, 3.05) is 31.1 Å². The molecule has 1 aromatic heterocycles. The molecule has 2 aliphatic rings. The summed E-state index contributed by atoms with van der Waals surface area (Å²) >= 11 is 0. The zero-order chi connectivity index (χ0) is 33.1. The summed E-state index contributed by atoms with van der Waals surface area (Å²) in [7, 11) is -4.06. The monoisotopic (exact) mass is 663 g/mol. The molecule has 2 fully saturated rings. The van der Waals surface area contributed by atoms with Crippen molar-refractivity contribution in [2.45, 2.75) is 56.3 Å². The van der Waals surface area contributed by atoms with Crippen molar-refractivity contribution in [3.05, 3.63) is 71.7 Å². The van der Waals surface area contributed by atoms with Gasteiger partial charge >= 0.3 is 12.1 Å². The van der Waals surface area contributed by atoms with Crippen LogP contribution in [-0.2, 0) is 37.1 Å². The lowest BCUT2D eigenvalue weighted by Crippen LogP contribution is -2.45. The van der Waals surface area contributed by atoms with Gasteiger partial charge in [0, 0.05) is 25.2 Å². The molecule has 0 spiro atoms. The average Bonchev–Trinajstić information content (AvgIpc) is 3.55. The van der Waals surface area contributed by atoms with Crippen LogP contribution in [0, 0.1) is 11.7 Å². The van der Waals surface area contributed by atoms with Crippen LogP contribution >= 0.6 is 0 Å². The Bertz CT molecular complexity index is 1660. The summed E-state index contributed by atoms with van der Waals surface area (Å²) in [4.78, 5) is 36.5. The van der Waals surface area contributed by atoms with E-state index in [4.69, 9.17) is 4.74 Å². The summed E-state index contributed by atoms with van der Waals surface area (Å²) in [6, 6.07) is 9.47. The maximum atomic E-state index is 13.4. The Balaban J connectivity index is 1.36. The molecule has 2 saturated heterocycles. The number of benzene rings is 2. The maximum Gasteiger partial charge on any atom is 0.416 e. The van der Waals surface area contributed by atoms with Crippen molar-refractivity contribution < 1.29 is 40.3 Å². The van der Waals surface area contributed by atoms with Gasteiger partial charge in [-0.2, -0.15) is 17.5 Å². The largest absolute Gasteiger partial charge is 0.466 e. The summed E-state index contributed by atoms with van der Waals surface area (Å²) in [5, 5.41) is 2.75. The number of anilines is 1. The third-order valence-electron chi connectivity index (χ3n) is 8.04. The molecule has 2 aliphatic heterocycles. The number of piperidine rings is 1. The first kappa shape index (κ1) is 33.3. The van der Waals surface area contributed by atoms with Gasteiger partial charge in [-0.15, -0.1) is 0 Å². The first-order chi connectivity index (χ1) is 21.9. The number of amides is 1. The molecule has 246 valence electrons. The van der Waals surface area contributed by atoms with Crippen LogP contribution in [0.25, 0.3) is 11.3 Å². The van der Waals surface area contributed by atoms with E-state index in [-0.39, 0.29) is 48.8 Å². The number of aromatic nitrogens is 2. The Hall–Kier alpha value is -4.11. The smallest absolute Gasteiger partial charge is 0.416 e. The van der Waals surface area contributed by atoms with E-state index in [0.717, 1.165) is 40.7 Å². The zero-order valence-corrected chi connectivity index (χ0v) is 25.8. The number of rotatable bonds is 9. The van der Waals surface area contributed by atoms with Gasteiger partial charge in [0.1, 0.15) is 11.9 Å². The average molecular weight is 664 g/mol. The van der Waals surface area contributed by atoms with Crippen LogP contribution < -0.4 is 10.2 Å². The summed E-state index contributed by atoms with van der Waals surface area (Å²) in [5.74, 6) is -1.39. The molecule has 3 heterocycles. The number of sulfonamides is 1. The first-order valence-electron chi connectivity index (χ1n) is 14.9. The number of esters is 1. The fourth-order valence-electron chi connectivity index (χ4n) is 5.60. The normalized spacial score (nSPS) is 18.0. The summed E-state index contributed by atoms with van der Waals surface area (Å²) < 4.78 is 85.7. The molecule has 0 saturated carbocycles. The number of nitrogens with one attached hydrogen (secondary N) is 1. The van der Waals surface area contributed by atoms with E-state index in [1.165, 1.54) is 12.1 Å². The molecule has 15 heteroatoms. The van der Waals surface area contributed by atoms with Crippen LogP contribution in [-0.4, -0.2) is 66.9 Å². The molecule has 0 bridgehead atoms. The highest BCUT2D eigenvalue weighted by Gasteiger charge is 2.39. The van der Waals surface area contributed by atoms with Crippen molar-refractivity contribution >= 4 is 27.8 Å². The summed E-state index contributed by atoms with van der Waals surface area (Å²) in [6.45, 7) is 2.90. The zero-order valence-electron chi connectivity index (χ0n) is 25.0. The summed E-state index contributed by atoms with van der Waals surface area (Å²) in [5.41, 5.74) is 0.275. The number of carbonyl (C=O) groups excluding carboxylic acids is 2. The molecular weight excluding hydrogens is 630 g/mol. The third-order valence-corrected chi connectivity index (χ3v) is 9.97. The SMILES string of the molecule is CCOC(=O)C1CCN(c2nc(CNC(=O)[C@@H]3CCCN3S(=O)(=O)c3ccc(F)cc3)cc(-c3ccc(C(F)(F)F)cc3)n2)CC1. The standard InChI is InChI=1S/C31H33F4N5O5S/c1-2-45-29(42)21-13-16-39(17-14-21)30-37-24(18-26(38-30)20-5-7-22(8-6-20)31(33,34)35)19-36-28(41)27-4-3-15-40(27)46(43,44)25-11-9-23(32)10-12-25/h5-12,18,21,27H,2-4,13-17,19H2,1H3,(H,36,41)/t27-/m0/s1. The van der Waals surface area contributed by atoms with Crippen molar-refractivity contribution in [2.24, 2.45) is 5.92 Å². The molecular formula is C31H33F4N5O5S. The first-order valence-corrected chi connectivity index (χ1v) is 16.3. The van der Waals surface area contributed by atoms with Gasteiger partial charge in [-0.05, 0) is 75.1 Å². The summed E-state index contributed by atoms with van der Waals surface area (Å²) in [6.07, 6.45) is -2.77. The lowest BCUT2D eigenvalue weighted by Gasteiger charge is -2.31. The van der Waals surface area contributed by atoms with Gasteiger partial charge in [0.15, 0.2) is 0 Å². The highest BCUT2D eigenvalue weighted by molar-refractivity contribution is 7.89. The molecule has 0 unspecified atom stereocenters. The third kappa shape index (κ3) is 7.47. The molecule has 0 radical (unpaired) electrons. The van der Waals surface area contributed by atoms with Gasteiger partial charge in [0.2, 0.25) is 21.9 Å². The van der Waals surface area contributed by atoms with Crippen molar-refractivity contribution in [3.8, 4) is 11.3 Å². The van der Waals surface area contributed by atoms with E-state index in [2.05, 4.69) is 15.3 Å². The molecule has 1 N–H and O–H groups in total. The number of nitrogens with zero attached hydrogens (tertiary/aromatic N) is 4. The van der Waals surface area contributed by atoms with E-state index in [1.807, 2.05) is 4.90 Å². The number of hydrogen-bond donors (Lipinski definition) is 1. The van der Waals surface area contributed by atoms with Gasteiger partial charge in [-0.1, -0.05) is 12.1 Å². The van der Waals surface area contributed by atoms with E-state index in [0.29, 0.717) is 49.3 Å². The number of ether oxygens (including phenoxy) is 1. The van der Waals surface area contributed by atoms with E-state index in [9.17, 15) is 35.6 Å². The number of alkyl halides is 3. The predicted octanol–water partition coefficient (Wildman–Crippen LogP) is 4.55. The number of carbonyl (C=O) groups is 2. The highest BCUT2D eigenvalue weighted by Crippen LogP contribution is 2.32. The van der Waals surface area contributed by atoms with Crippen LogP contribution in [0.2, 0.25) is 0 Å². The minimum Gasteiger partial charge on any atom is -0.466 e. The van der Waals surface area contributed by atoms with Gasteiger partial charge in [-0.25, -0.2) is 22.8 Å². The van der Waals surface area contributed by atoms with Crippen molar-refractivity contribution in [3.63, 3.8) is 0 Å². The predicted molar refractivity (Wildman–Crippen MR) is 159 cm³/mol. The Kier molecular flexibility index (Phi) is 9.91. The maximum absolute atomic E-state index is 13.4. The Labute approximate surface area is 263 Å². The van der Waals surface area contributed by atoms with Crippen LogP contribution in [0.1, 0.15) is 43.9 Å². The molecule has 0 aliphatic carbocycles. The molecule has 5 rings (SSSR count). The van der Waals surface area contributed by atoms with Crippen LogP contribution in [0.15, 0.2) is 59.5 Å². The van der Waals surface area contributed by atoms with E-state index >= 15 is 0 Å². The van der Waals surface area contributed by atoms with Crippen molar-refractivity contribution in [1.82, 2.24) is 19.6 Å². The minimum absolute atomic E-state index is 0.109. The topological polar surface area (TPSA) is 122 Å². The van der Waals surface area contributed by atoms with Gasteiger partial charge in [0.25, 0.3) is 0 Å². The fraction of sp³-hybridized carbons (Fsp3) is 0.419. The minimum atomic E-state index is -4.51. The molecule has 10 nitrogen and oxygen atoms in total. The van der Waals surface area contributed by atoms with Crippen LogP contribution in [0.3, 0.4) is 0 Å². The molecule has 46 heavy (non-hydrogen) atoms. The van der Waals surface area contributed by atoms with Gasteiger partial charge in [-0.3, -0.25) is 9.59 Å². The molecule has 3 aromatic rings. The Morgan fingerprint density at radius 2 is 1.65 bits per heavy atom. The number of hydrogen-bond acceptors (Lipinski definition) is 8. The lowest BCUT2D eigenvalue weighted by atomic mass is 9.97. The second-order valence-electron chi connectivity index (χ2n) is 11.1. The highest BCUT2D eigenvalue weighted by atomic mass is 32.2. The van der Waals surface area contributed by atoms with Gasteiger partial charge < -0.3 is 15.0 Å². The molecule has 2 aromatic carbocycles. The van der Waals surface area contributed by atoms with E-state index in [1.54, 1.807) is 13.0 Å². The molecule has 1 amide bonds.